The topological polar surface area (TPSA) is 24.5 Å². The lowest BCUT2D eigenvalue weighted by Gasteiger charge is -2.36. The molecule has 1 saturated carbocycles. The normalized spacial score (nSPS) is 25.5. The molecule has 0 spiro atoms. The van der Waals surface area contributed by atoms with Gasteiger partial charge < -0.3 is 15.0 Å². The third-order valence-electron chi connectivity index (χ3n) is 4.94. The molecule has 3 rings (SSSR count). The van der Waals surface area contributed by atoms with E-state index in [2.05, 4.69) is 48.5 Å². The molecule has 1 aliphatic carbocycles. The fraction of sp³-hybridized carbons (Fsp3) is 0.667. The van der Waals surface area contributed by atoms with Crippen LogP contribution in [0.1, 0.15) is 49.3 Å². The second kappa shape index (κ2) is 6.91. The standard InChI is InChI=1S/C18H28N2O/c1-3-19-18(17-13-20(2)10-11-21-17)16-9-5-8-15(12-16)14-6-4-7-14/h5,8-9,12,14,17-19H,3-4,6-7,10-11,13H2,1-2H3. The van der Waals surface area contributed by atoms with Crippen LogP contribution in [0.5, 0.6) is 0 Å². The number of benzene rings is 1. The van der Waals surface area contributed by atoms with Crippen LogP contribution >= 0.6 is 0 Å². The van der Waals surface area contributed by atoms with Crippen molar-refractivity contribution >= 4 is 0 Å². The van der Waals surface area contributed by atoms with Crippen LogP contribution in [0.15, 0.2) is 24.3 Å². The molecule has 0 aromatic heterocycles. The van der Waals surface area contributed by atoms with E-state index in [1.165, 1.54) is 30.4 Å². The van der Waals surface area contributed by atoms with Crippen molar-refractivity contribution in [3.8, 4) is 0 Å². The van der Waals surface area contributed by atoms with Gasteiger partial charge in [-0.3, -0.25) is 0 Å². The lowest BCUT2D eigenvalue weighted by atomic mass is 9.79. The Hall–Kier alpha value is -0.900. The number of likely N-dealkylation sites (N-methyl/N-ethyl adjacent to an activating group) is 2. The molecule has 1 saturated heterocycles. The number of hydrogen-bond acceptors (Lipinski definition) is 3. The van der Waals surface area contributed by atoms with E-state index in [9.17, 15) is 0 Å². The first kappa shape index (κ1) is 15.0. The van der Waals surface area contributed by atoms with Gasteiger partial charge in [-0.05, 0) is 43.5 Å². The quantitative estimate of drug-likeness (QED) is 0.901. The predicted molar refractivity (Wildman–Crippen MR) is 86.7 cm³/mol. The number of morpholine rings is 1. The Balaban J connectivity index is 1.79. The first-order valence-electron chi connectivity index (χ1n) is 8.41. The average molecular weight is 288 g/mol. The van der Waals surface area contributed by atoms with E-state index in [0.717, 1.165) is 32.2 Å². The summed E-state index contributed by atoms with van der Waals surface area (Å²) in [4.78, 5) is 2.37. The molecular formula is C18H28N2O. The summed E-state index contributed by atoms with van der Waals surface area (Å²) in [7, 11) is 2.18. The lowest BCUT2D eigenvalue weighted by Crippen LogP contribution is -2.46. The van der Waals surface area contributed by atoms with E-state index in [1.54, 1.807) is 0 Å². The minimum absolute atomic E-state index is 0.250. The summed E-state index contributed by atoms with van der Waals surface area (Å²) in [5, 5.41) is 3.64. The predicted octanol–water partition coefficient (Wildman–Crippen LogP) is 2.94. The van der Waals surface area contributed by atoms with Gasteiger partial charge >= 0.3 is 0 Å². The summed E-state index contributed by atoms with van der Waals surface area (Å²) in [6, 6.07) is 9.49. The highest BCUT2D eigenvalue weighted by atomic mass is 16.5. The maximum absolute atomic E-state index is 6.05. The average Bonchev–Trinajstić information content (AvgIpc) is 2.43. The lowest BCUT2D eigenvalue weighted by molar-refractivity contribution is -0.0390. The summed E-state index contributed by atoms with van der Waals surface area (Å²) in [6.07, 6.45) is 4.36. The molecule has 2 atom stereocenters. The van der Waals surface area contributed by atoms with E-state index in [-0.39, 0.29) is 6.10 Å². The summed E-state index contributed by atoms with van der Waals surface area (Å²) < 4.78 is 6.05. The zero-order valence-corrected chi connectivity index (χ0v) is 13.3. The van der Waals surface area contributed by atoms with Gasteiger partial charge in [-0.1, -0.05) is 37.6 Å². The fourth-order valence-electron chi connectivity index (χ4n) is 3.44. The summed E-state index contributed by atoms with van der Waals surface area (Å²) in [5.41, 5.74) is 2.91. The fourth-order valence-corrected chi connectivity index (χ4v) is 3.44. The molecule has 0 radical (unpaired) electrons. The van der Waals surface area contributed by atoms with Gasteiger partial charge in [0.1, 0.15) is 0 Å². The molecule has 1 N–H and O–H groups in total. The van der Waals surface area contributed by atoms with Crippen molar-refractivity contribution < 1.29 is 4.74 Å². The third-order valence-corrected chi connectivity index (χ3v) is 4.94. The summed E-state index contributed by atoms with van der Waals surface area (Å²) in [6.45, 7) is 6.03. The van der Waals surface area contributed by atoms with E-state index >= 15 is 0 Å². The van der Waals surface area contributed by atoms with Crippen molar-refractivity contribution in [1.82, 2.24) is 10.2 Å². The molecule has 1 aromatic rings. The highest BCUT2D eigenvalue weighted by molar-refractivity contribution is 5.30. The van der Waals surface area contributed by atoms with Gasteiger partial charge in [0.2, 0.25) is 0 Å². The van der Waals surface area contributed by atoms with Gasteiger partial charge in [0.15, 0.2) is 0 Å². The van der Waals surface area contributed by atoms with E-state index < -0.39 is 0 Å². The number of nitrogens with zero attached hydrogens (tertiary/aromatic N) is 1. The largest absolute Gasteiger partial charge is 0.374 e. The Morgan fingerprint density at radius 1 is 1.38 bits per heavy atom. The van der Waals surface area contributed by atoms with Crippen molar-refractivity contribution in [3.05, 3.63) is 35.4 Å². The van der Waals surface area contributed by atoms with E-state index in [4.69, 9.17) is 4.74 Å². The first-order valence-corrected chi connectivity index (χ1v) is 8.41. The molecule has 1 aromatic carbocycles. The summed E-state index contributed by atoms with van der Waals surface area (Å²) in [5.74, 6) is 0.794. The van der Waals surface area contributed by atoms with Crippen molar-refractivity contribution in [3.63, 3.8) is 0 Å². The molecule has 0 amide bonds. The van der Waals surface area contributed by atoms with Crippen LogP contribution in [0, 0.1) is 0 Å². The zero-order valence-electron chi connectivity index (χ0n) is 13.3. The van der Waals surface area contributed by atoms with Gasteiger partial charge in [0.25, 0.3) is 0 Å². The molecule has 2 fully saturated rings. The minimum atomic E-state index is 0.250. The maximum Gasteiger partial charge on any atom is 0.0896 e. The molecule has 21 heavy (non-hydrogen) atoms. The first-order chi connectivity index (χ1) is 10.3. The Bertz CT molecular complexity index is 458. The Morgan fingerprint density at radius 3 is 2.90 bits per heavy atom. The number of nitrogens with one attached hydrogen (secondary N) is 1. The SMILES string of the molecule is CCNC(c1cccc(C2CCC2)c1)C1CN(C)CCO1. The van der Waals surface area contributed by atoms with Crippen molar-refractivity contribution in [2.45, 2.75) is 44.2 Å². The highest BCUT2D eigenvalue weighted by Gasteiger charge is 2.28. The van der Waals surface area contributed by atoms with Crippen LogP contribution in [-0.2, 0) is 4.74 Å². The van der Waals surface area contributed by atoms with Gasteiger partial charge in [-0.15, -0.1) is 0 Å². The van der Waals surface area contributed by atoms with Crippen LogP contribution in [0.2, 0.25) is 0 Å². The highest BCUT2D eigenvalue weighted by Crippen LogP contribution is 2.37. The van der Waals surface area contributed by atoms with Crippen LogP contribution in [-0.4, -0.2) is 44.3 Å². The van der Waals surface area contributed by atoms with Gasteiger partial charge in [-0.2, -0.15) is 0 Å². The Kier molecular flexibility index (Phi) is 4.94. The molecule has 2 unspecified atom stereocenters. The van der Waals surface area contributed by atoms with Crippen LogP contribution < -0.4 is 5.32 Å². The second-order valence-electron chi connectivity index (χ2n) is 6.50. The Morgan fingerprint density at radius 2 is 2.24 bits per heavy atom. The zero-order chi connectivity index (χ0) is 14.7. The molecule has 3 nitrogen and oxygen atoms in total. The molecule has 116 valence electrons. The van der Waals surface area contributed by atoms with Gasteiger partial charge in [-0.25, -0.2) is 0 Å². The molecule has 0 bridgehead atoms. The molecule has 1 heterocycles. The number of hydrogen-bond donors (Lipinski definition) is 1. The Labute approximate surface area is 128 Å². The molecule has 2 aliphatic rings. The minimum Gasteiger partial charge on any atom is -0.374 e. The van der Waals surface area contributed by atoms with Crippen molar-refractivity contribution in [2.24, 2.45) is 0 Å². The molecular weight excluding hydrogens is 260 g/mol. The molecule has 1 aliphatic heterocycles. The van der Waals surface area contributed by atoms with E-state index in [1.807, 2.05) is 0 Å². The third kappa shape index (κ3) is 3.47. The van der Waals surface area contributed by atoms with Gasteiger partial charge in [0, 0.05) is 13.1 Å². The summed E-state index contributed by atoms with van der Waals surface area (Å²) >= 11 is 0. The van der Waals surface area contributed by atoms with Gasteiger partial charge in [0.05, 0.1) is 18.8 Å². The monoisotopic (exact) mass is 288 g/mol. The van der Waals surface area contributed by atoms with Crippen LogP contribution in [0.3, 0.4) is 0 Å². The second-order valence-corrected chi connectivity index (χ2v) is 6.50. The van der Waals surface area contributed by atoms with Crippen LogP contribution in [0.4, 0.5) is 0 Å². The number of ether oxygens (including phenoxy) is 1. The maximum atomic E-state index is 6.05. The van der Waals surface area contributed by atoms with Crippen molar-refractivity contribution in [2.75, 3.05) is 33.3 Å². The molecule has 3 heteroatoms. The van der Waals surface area contributed by atoms with Crippen LogP contribution in [0.25, 0.3) is 0 Å². The van der Waals surface area contributed by atoms with E-state index in [0.29, 0.717) is 6.04 Å². The smallest absolute Gasteiger partial charge is 0.0896 e. The number of rotatable bonds is 5. The van der Waals surface area contributed by atoms with Crippen molar-refractivity contribution in [1.29, 1.82) is 0 Å².